The van der Waals surface area contributed by atoms with E-state index in [-0.39, 0.29) is 23.7 Å². The minimum Gasteiger partial charge on any atom is -0.457 e. The van der Waals surface area contributed by atoms with Crippen molar-refractivity contribution in [1.29, 1.82) is 0 Å². The summed E-state index contributed by atoms with van der Waals surface area (Å²) in [7, 11) is -0.171. The van der Waals surface area contributed by atoms with Gasteiger partial charge < -0.3 is 30.7 Å². The van der Waals surface area contributed by atoms with Gasteiger partial charge >= 0.3 is 7.12 Å². The Morgan fingerprint density at radius 2 is 1.62 bits per heavy atom. The molecule has 0 radical (unpaired) electrons. The number of benzene rings is 2. The summed E-state index contributed by atoms with van der Waals surface area (Å²) in [6.45, 7) is 5.26. The molecule has 3 aromatic rings. The predicted octanol–water partition coefficient (Wildman–Crippen LogP) is 1.59. The van der Waals surface area contributed by atoms with Crippen LogP contribution in [-0.4, -0.2) is 63.2 Å². The van der Waals surface area contributed by atoms with E-state index in [1.807, 2.05) is 32.0 Å². The number of nitrogens with zero attached hydrogens (tertiary/aromatic N) is 2. The highest BCUT2D eigenvalue weighted by molar-refractivity contribution is 6.43. The summed E-state index contributed by atoms with van der Waals surface area (Å²) in [6.07, 6.45) is 0.299. The summed E-state index contributed by atoms with van der Waals surface area (Å²) in [5.74, 6) is -1.43. The molecule has 0 aliphatic heterocycles. The van der Waals surface area contributed by atoms with Gasteiger partial charge in [-0.3, -0.25) is 19.1 Å². The van der Waals surface area contributed by atoms with E-state index < -0.39 is 36.8 Å². The maximum Gasteiger partial charge on any atom is 0.475 e. The first kappa shape index (κ1) is 29.4. The first-order valence-electron chi connectivity index (χ1n) is 12.6. The Balaban J connectivity index is 1.73. The van der Waals surface area contributed by atoms with Gasteiger partial charge in [-0.25, -0.2) is 0 Å². The minimum atomic E-state index is -1.79. The lowest BCUT2D eigenvalue weighted by Gasteiger charge is -2.24. The third-order valence-electron chi connectivity index (χ3n) is 5.83. The maximum absolute atomic E-state index is 13.1. The molecule has 0 aliphatic carbocycles. The van der Waals surface area contributed by atoms with Crippen molar-refractivity contribution >= 4 is 24.8 Å². The van der Waals surface area contributed by atoms with Gasteiger partial charge in [0.25, 0.3) is 11.8 Å². The number of hydrogen-bond acceptors (Lipinski definition) is 7. The summed E-state index contributed by atoms with van der Waals surface area (Å²) >= 11 is 0. The molecule has 39 heavy (non-hydrogen) atoms. The van der Waals surface area contributed by atoms with Crippen LogP contribution >= 0.6 is 0 Å². The van der Waals surface area contributed by atoms with Gasteiger partial charge in [-0.05, 0) is 61.7 Å². The molecule has 3 amide bonds. The van der Waals surface area contributed by atoms with E-state index in [0.717, 1.165) is 0 Å². The van der Waals surface area contributed by atoms with Crippen molar-refractivity contribution in [1.82, 2.24) is 25.7 Å². The summed E-state index contributed by atoms with van der Waals surface area (Å²) in [4.78, 5) is 38.9. The number of hydrogen-bond donors (Lipinski definition) is 5. The van der Waals surface area contributed by atoms with Crippen LogP contribution in [0, 0.1) is 12.8 Å². The van der Waals surface area contributed by atoms with Crippen molar-refractivity contribution in [2.24, 2.45) is 13.0 Å². The minimum absolute atomic E-state index is 0.0644. The topological polar surface area (TPSA) is 155 Å². The first-order valence-corrected chi connectivity index (χ1v) is 12.6. The fraction of sp³-hybridized carbons (Fsp3) is 0.333. The molecule has 12 heteroatoms. The highest BCUT2D eigenvalue weighted by Gasteiger charge is 2.30. The number of carbonyl (C=O) groups excluding carboxylic acids is 3. The van der Waals surface area contributed by atoms with E-state index >= 15 is 0 Å². The second kappa shape index (κ2) is 13.6. The molecule has 2 aromatic carbocycles. The number of aromatic nitrogens is 2. The molecule has 3 rings (SSSR count). The fourth-order valence-electron chi connectivity index (χ4n) is 3.90. The number of aryl methyl sites for hydroxylation is 2. The predicted molar refractivity (Wildman–Crippen MR) is 146 cm³/mol. The lowest BCUT2D eigenvalue weighted by atomic mass is 9.75. The Morgan fingerprint density at radius 1 is 0.974 bits per heavy atom. The molecule has 0 fully saturated rings. The van der Waals surface area contributed by atoms with E-state index in [4.69, 9.17) is 4.74 Å². The third kappa shape index (κ3) is 8.69. The molecule has 5 N–H and O–H groups in total. The molecule has 0 bridgehead atoms. The number of carbonyl (C=O) groups is 3. The van der Waals surface area contributed by atoms with Crippen LogP contribution in [0.15, 0.2) is 60.7 Å². The van der Waals surface area contributed by atoms with E-state index in [0.29, 0.717) is 23.6 Å². The molecule has 11 nitrogen and oxygen atoms in total. The molecule has 0 spiro atoms. The fourth-order valence-corrected chi connectivity index (χ4v) is 3.90. The highest BCUT2D eigenvalue weighted by Crippen LogP contribution is 2.21. The second-order valence-electron chi connectivity index (χ2n) is 9.63. The number of nitrogens with one attached hydrogen (secondary N) is 3. The molecule has 0 unspecified atom stereocenters. The molecular formula is C27H34BN5O6. The molecule has 206 valence electrons. The van der Waals surface area contributed by atoms with Crippen LogP contribution in [0.3, 0.4) is 0 Å². The van der Waals surface area contributed by atoms with Gasteiger partial charge in [-0.2, -0.15) is 5.10 Å². The molecule has 1 heterocycles. The van der Waals surface area contributed by atoms with Gasteiger partial charge in [0.1, 0.15) is 23.2 Å². The van der Waals surface area contributed by atoms with E-state index in [9.17, 15) is 24.4 Å². The van der Waals surface area contributed by atoms with Crippen molar-refractivity contribution in [2.75, 3.05) is 6.54 Å². The van der Waals surface area contributed by atoms with E-state index in [1.165, 1.54) is 4.68 Å². The van der Waals surface area contributed by atoms with Crippen molar-refractivity contribution in [2.45, 2.75) is 39.2 Å². The zero-order chi connectivity index (χ0) is 28.5. The first-order chi connectivity index (χ1) is 18.5. The largest absolute Gasteiger partial charge is 0.475 e. The van der Waals surface area contributed by atoms with Crippen LogP contribution < -0.4 is 20.7 Å². The molecule has 0 saturated heterocycles. The summed E-state index contributed by atoms with van der Waals surface area (Å²) in [5, 5.41) is 31.5. The normalized spacial score (nSPS) is 12.4. The molecule has 1 aromatic heterocycles. The van der Waals surface area contributed by atoms with Gasteiger partial charge in [-0.1, -0.05) is 32.0 Å². The second-order valence-corrected chi connectivity index (χ2v) is 9.63. The Bertz CT molecular complexity index is 1260. The van der Waals surface area contributed by atoms with Gasteiger partial charge in [0, 0.05) is 19.2 Å². The van der Waals surface area contributed by atoms with Crippen LogP contribution in [0.4, 0.5) is 0 Å². The number of ether oxygens (including phenoxy) is 1. The summed E-state index contributed by atoms with van der Waals surface area (Å²) < 4.78 is 7.17. The zero-order valence-electron chi connectivity index (χ0n) is 22.4. The SMILES string of the molecule is Cc1cc(C(=O)NC[C@H](NC(=O)c2ccc(Oc3ccccc3)cc2)C(=O)N[C@@H](CC(C)C)B(O)O)n(C)n1. The smallest absolute Gasteiger partial charge is 0.457 e. The molecule has 2 atom stereocenters. The third-order valence-corrected chi connectivity index (χ3v) is 5.83. The number of rotatable bonds is 12. The Kier molecular flexibility index (Phi) is 10.2. The Labute approximate surface area is 227 Å². The van der Waals surface area contributed by atoms with Gasteiger partial charge in [0.15, 0.2) is 0 Å². The van der Waals surface area contributed by atoms with Crippen molar-refractivity contribution in [3.05, 3.63) is 77.6 Å². The molecular weight excluding hydrogens is 501 g/mol. The highest BCUT2D eigenvalue weighted by atomic mass is 16.5. The van der Waals surface area contributed by atoms with Crippen molar-refractivity contribution < 1.29 is 29.2 Å². The van der Waals surface area contributed by atoms with Crippen LogP contribution in [0.1, 0.15) is 46.8 Å². The van der Waals surface area contributed by atoms with Crippen LogP contribution in [-0.2, 0) is 11.8 Å². The van der Waals surface area contributed by atoms with Crippen molar-refractivity contribution in [3.8, 4) is 11.5 Å². The monoisotopic (exact) mass is 535 g/mol. The zero-order valence-corrected chi connectivity index (χ0v) is 22.4. The van der Waals surface area contributed by atoms with Crippen molar-refractivity contribution in [3.63, 3.8) is 0 Å². The Morgan fingerprint density at radius 3 is 2.18 bits per heavy atom. The lowest BCUT2D eigenvalue weighted by Crippen LogP contribution is -2.57. The molecule has 0 aliphatic rings. The summed E-state index contributed by atoms with van der Waals surface area (Å²) in [6, 6.07) is 15.9. The lowest BCUT2D eigenvalue weighted by molar-refractivity contribution is -0.123. The standard InChI is InChI=1S/C27H34BN5O6/c1-17(2)14-24(28(37)38)31-26(35)22(16-29-27(36)23-15-18(3)32-33(23)4)30-25(34)19-10-12-21(13-11-19)39-20-8-6-5-7-9-20/h5-13,15,17,22,24,37-38H,14,16H2,1-4H3,(H,29,36)(H,30,34)(H,31,35)/t22-,24-/m0/s1. The average Bonchev–Trinajstić information content (AvgIpc) is 3.24. The maximum atomic E-state index is 13.1. The Hall–Kier alpha value is -4.16. The van der Waals surface area contributed by atoms with Crippen LogP contribution in [0.25, 0.3) is 0 Å². The van der Waals surface area contributed by atoms with E-state index in [2.05, 4.69) is 21.0 Å². The quantitative estimate of drug-likeness (QED) is 0.221. The summed E-state index contributed by atoms with van der Waals surface area (Å²) in [5.41, 5.74) is 1.21. The van der Waals surface area contributed by atoms with E-state index in [1.54, 1.807) is 56.4 Å². The number of amides is 3. The van der Waals surface area contributed by atoms with Gasteiger partial charge in [-0.15, -0.1) is 0 Å². The van der Waals surface area contributed by atoms with Gasteiger partial charge in [0.05, 0.1) is 11.6 Å². The average molecular weight is 535 g/mol. The van der Waals surface area contributed by atoms with Crippen LogP contribution in [0.2, 0.25) is 0 Å². The van der Waals surface area contributed by atoms with Crippen LogP contribution in [0.5, 0.6) is 11.5 Å². The number of para-hydroxylation sites is 1. The van der Waals surface area contributed by atoms with Gasteiger partial charge in [0.2, 0.25) is 5.91 Å². The molecule has 0 saturated carbocycles.